The van der Waals surface area contributed by atoms with Crippen LogP contribution in [0.25, 0.3) is 11.3 Å². The first-order chi connectivity index (χ1) is 9.28. The molecular weight excluding hydrogens is 242 g/mol. The number of nitrogens with zero attached hydrogens (tertiary/aromatic N) is 1. The van der Waals surface area contributed by atoms with Gasteiger partial charge >= 0.3 is 0 Å². The smallest absolute Gasteiger partial charge is 0.264 e. The van der Waals surface area contributed by atoms with Gasteiger partial charge in [0.2, 0.25) is 0 Å². The van der Waals surface area contributed by atoms with Crippen LogP contribution in [-0.2, 0) is 13.0 Å². The molecule has 1 aromatic carbocycles. The Bertz CT molecular complexity index is 664. The standard InChI is InChI=1S/C14H15N3O2/c15-8-11-7-13(18)16-17-14(11)10-3-4-12-9(6-10)2-1-5-19-12/h3-4,6-7H,1-2,5,8,15H2,(H,16,18). The van der Waals surface area contributed by atoms with Gasteiger partial charge in [0, 0.05) is 18.2 Å². The Morgan fingerprint density at radius 3 is 3.11 bits per heavy atom. The molecule has 1 aliphatic heterocycles. The Balaban J connectivity index is 2.09. The van der Waals surface area contributed by atoms with Crippen molar-refractivity contribution in [1.82, 2.24) is 10.2 Å². The van der Waals surface area contributed by atoms with Crippen molar-refractivity contribution in [1.29, 1.82) is 0 Å². The molecule has 0 saturated heterocycles. The number of benzene rings is 1. The lowest BCUT2D eigenvalue weighted by molar-refractivity contribution is 0.288. The molecule has 0 aliphatic carbocycles. The second-order valence-corrected chi connectivity index (χ2v) is 4.58. The van der Waals surface area contributed by atoms with E-state index in [1.165, 1.54) is 11.6 Å². The summed E-state index contributed by atoms with van der Waals surface area (Å²) in [5.74, 6) is 0.939. The van der Waals surface area contributed by atoms with Crippen molar-refractivity contribution >= 4 is 0 Å². The molecule has 19 heavy (non-hydrogen) atoms. The van der Waals surface area contributed by atoms with E-state index in [1.54, 1.807) is 0 Å². The van der Waals surface area contributed by atoms with Crippen LogP contribution in [-0.4, -0.2) is 16.8 Å². The quantitative estimate of drug-likeness (QED) is 0.847. The molecule has 0 saturated carbocycles. The van der Waals surface area contributed by atoms with Crippen molar-refractivity contribution in [3.63, 3.8) is 0 Å². The Labute approximate surface area is 110 Å². The Morgan fingerprint density at radius 2 is 2.26 bits per heavy atom. The highest BCUT2D eigenvalue weighted by Crippen LogP contribution is 2.30. The van der Waals surface area contributed by atoms with Gasteiger partial charge < -0.3 is 10.5 Å². The van der Waals surface area contributed by atoms with E-state index in [2.05, 4.69) is 16.3 Å². The molecule has 1 aliphatic rings. The van der Waals surface area contributed by atoms with Crippen LogP contribution in [0.3, 0.4) is 0 Å². The van der Waals surface area contributed by atoms with Crippen molar-refractivity contribution in [2.24, 2.45) is 5.73 Å². The van der Waals surface area contributed by atoms with Crippen LogP contribution in [0.15, 0.2) is 29.1 Å². The fourth-order valence-electron chi connectivity index (χ4n) is 2.35. The van der Waals surface area contributed by atoms with Crippen LogP contribution in [0.4, 0.5) is 0 Å². The maximum Gasteiger partial charge on any atom is 0.264 e. The summed E-state index contributed by atoms with van der Waals surface area (Å²) in [5, 5.41) is 6.57. The highest BCUT2D eigenvalue weighted by molar-refractivity contribution is 5.65. The average molecular weight is 257 g/mol. The highest BCUT2D eigenvalue weighted by atomic mass is 16.5. The molecule has 0 atom stereocenters. The summed E-state index contributed by atoms with van der Waals surface area (Å²) >= 11 is 0. The minimum absolute atomic E-state index is 0.231. The molecule has 0 unspecified atom stereocenters. The lowest BCUT2D eigenvalue weighted by Gasteiger charge is -2.18. The van der Waals surface area contributed by atoms with E-state index in [1.807, 2.05) is 12.1 Å². The number of nitrogens with two attached hydrogens (primary N) is 1. The molecule has 0 radical (unpaired) electrons. The molecule has 5 nitrogen and oxygen atoms in total. The van der Waals surface area contributed by atoms with Crippen LogP contribution < -0.4 is 16.0 Å². The third kappa shape index (κ3) is 2.24. The van der Waals surface area contributed by atoms with Gasteiger partial charge in [-0.25, -0.2) is 5.10 Å². The first-order valence-electron chi connectivity index (χ1n) is 6.32. The second-order valence-electron chi connectivity index (χ2n) is 4.58. The van der Waals surface area contributed by atoms with E-state index in [9.17, 15) is 4.79 Å². The lowest BCUT2D eigenvalue weighted by atomic mass is 10.00. The number of hydrogen-bond acceptors (Lipinski definition) is 4. The zero-order valence-electron chi connectivity index (χ0n) is 10.5. The molecule has 1 aromatic heterocycles. The Kier molecular flexibility index (Phi) is 3.05. The monoisotopic (exact) mass is 257 g/mol. The predicted molar refractivity (Wildman–Crippen MR) is 72.0 cm³/mol. The number of H-pyrrole nitrogens is 1. The fraction of sp³-hybridized carbons (Fsp3) is 0.286. The van der Waals surface area contributed by atoms with Gasteiger partial charge in [-0.15, -0.1) is 0 Å². The summed E-state index contributed by atoms with van der Waals surface area (Å²) in [7, 11) is 0. The third-order valence-corrected chi connectivity index (χ3v) is 3.29. The maximum atomic E-state index is 11.3. The van der Waals surface area contributed by atoms with Gasteiger partial charge in [0.1, 0.15) is 5.75 Å². The SMILES string of the molecule is NCc1cc(=O)[nH]nc1-c1ccc2c(c1)CCCO2. The molecular formula is C14H15N3O2. The molecule has 2 aromatic rings. The molecule has 5 heteroatoms. The van der Waals surface area contributed by atoms with Gasteiger partial charge in [-0.05, 0) is 42.2 Å². The number of ether oxygens (including phenoxy) is 1. The van der Waals surface area contributed by atoms with Crippen molar-refractivity contribution < 1.29 is 4.74 Å². The van der Waals surface area contributed by atoms with Crippen molar-refractivity contribution in [2.45, 2.75) is 19.4 Å². The number of rotatable bonds is 2. The van der Waals surface area contributed by atoms with E-state index >= 15 is 0 Å². The molecule has 0 bridgehead atoms. The van der Waals surface area contributed by atoms with Gasteiger partial charge in [0.15, 0.2) is 0 Å². The topological polar surface area (TPSA) is 81.0 Å². The molecule has 0 fully saturated rings. The van der Waals surface area contributed by atoms with Crippen molar-refractivity contribution in [3.05, 3.63) is 45.7 Å². The number of aryl methyl sites for hydroxylation is 1. The zero-order chi connectivity index (χ0) is 13.2. The van der Waals surface area contributed by atoms with Crippen LogP contribution >= 0.6 is 0 Å². The maximum absolute atomic E-state index is 11.3. The third-order valence-electron chi connectivity index (χ3n) is 3.29. The Hall–Kier alpha value is -2.14. The van der Waals surface area contributed by atoms with Crippen molar-refractivity contribution in [2.75, 3.05) is 6.61 Å². The molecule has 0 spiro atoms. The number of hydrogen-bond donors (Lipinski definition) is 2. The van der Waals surface area contributed by atoms with E-state index in [0.717, 1.165) is 42.0 Å². The number of fused-ring (bicyclic) bond motifs is 1. The minimum atomic E-state index is -0.231. The summed E-state index contributed by atoms with van der Waals surface area (Å²) in [6.07, 6.45) is 2.03. The van der Waals surface area contributed by atoms with E-state index < -0.39 is 0 Å². The van der Waals surface area contributed by atoms with Gasteiger partial charge in [-0.3, -0.25) is 4.79 Å². The predicted octanol–water partition coefficient (Wildman–Crippen LogP) is 1.22. The minimum Gasteiger partial charge on any atom is -0.493 e. The Morgan fingerprint density at radius 1 is 1.37 bits per heavy atom. The second kappa shape index (κ2) is 4.85. The summed E-state index contributed by atoms with van der Waals surface area (Å²) in [6, 6.07) is 7.47. The molecule has 3 rings (SSSR count). The van der Waals surface area contributed by atoms with Gasteiger partial charge in [0.25, 0.3) is 5.56 Å². The lowest BCUT2D eigenvalue weighted by Crippen LogP contribution is -2.13. The molecule has 2 heterocycles. The number of aromatic amines is 1. The largest absolute Gasteiger partial charge is 0.493 e. The highest BCUT2D eigenvalue weighted by Gasteiger charge is 2.13. The first-order valence-corrected chi connectivity index (χ1v) is 6.32. The van der Waals surface area contributed by atoms with Crippen LogP contribution in [0.5, 0.6) is 5.75 Å². The molecule has 0 amide bonds. The number of aromatic nitrogens is 2. The zero-order valence-corrected chi connectivity index (χ0v) is 10.5. The summed E-state index contributed by atoms with van der Waals surface area (Å²) in [5.41, 5.74) is 9.07. The van der Waals surface area contributed by atoms with Crippen LogP contribution in [0.2, 0.25) is 0 Å². The average Bonchev–Trinajstić information content (AvgIpc) is 2.46. The van der Waals surface area contributed by atoms with Crippen LogP contribution in [0, 0.1) is 0 Å². The molecule has 3 N–H and O–H groups in total. The van der Waals surface area contributed by atoms with Gasteiger partial charge in [0.05, 0.1) is 12.3 Å². The van der Waals surface area contributed by atoms with Crippen LogP contribution in [0.1, 0.15) is 17.5 Å². The van der Waals surface area contributed by atoms with Crippen molar-refractivity contribution in [3.8, 4) is 17.0 Å². The normalized spacial score (nSPS) is 13.7. The van der Waals surface area contributed by atoms with Gasteiger partial charge in [-0.1, -0.05) is 0 Å². The summed E-state index contributed by atoms with van der Waals surface area (Å²) in [4.78, 5) is 11.3. The molecule has 98 valence electrons. The fourth-order valence-corrected chi connectivity index (χ4v) is 2.35. The number of nitrogens with one attached hydrogen (secondary N) is 1. The van der Waals surface area contributed by atoms with E-state index in [-0.39, 0.29) is 5.56 Å². The van der Waals surface area contributed by atoms with E-state index in [0.29, 0.717) is 6.54 Å². The summed E-state index contributed by atoms with van der Waals surface area (Å²) in [6.45, 7) is 1.07. The summed E-state index contributed by atoms with van der Waals surface area (Å²) < 4.78 is 5.59. The van der Waals surface area contributed by atoms with Gasteiger partial charge in [-0.2, -0.15) is 5.10 Å². The first kappa shape index (κ1) is 11.9. The van der Waals surface area contributed by atoms with E-state index in [4.69, 9.17) is 10.5 Å².